The predicted octanol–water partition coefficient (Wildman–Crippen LogP) is 7.16. The van der Waals surface area contributed by atoms with Gasteiger partial charge in [-0.2, -0.15) is 0 Å². The minimum atomic E-state index is -0.569. The number of rotatable bonds is 4. The average molecular weight is 525 g/mol. The van der Waals surface area contributed by atoms with E-state index in [0.717, 1.165) is 35.2 Å². The van der Waals surface area contributed by atoms with Crippen LogP contribution >= 0.6 is 34.8 Å². The van der Waals surface area contributed by atoms with Crippen molar-refractivity contribution in [2.24, 2.45) is 0 Å². The van der Waals surface area contributed by atoms with E-state index in [1.807, 2.05) is 40.0 Å². The second kappa shape index (κ2) is 9.48. The number of aromatic nitrogens is 2. The molecule has 0 bridgehead atoms. The second-order valence-corrected chi connectivity index (χ2v) is 10.8. The summed E-state index contributed by atoms with van der Waals surface area (Å²) in [6.45, 7) is 8.50. The highest BCUT2D eigenvalue weighted by Gasteiger charge is 2.33. The van der Waals surface area contributed by atoms with Gasteiger partial charge in [-0.1, -0.05) is 29.3 Å². The smallest absolute Gasteiger partial charge is 0.410 e. The van der Waals surface area contributed by atoms with Crippen LogP contribution in [0.15, 0.2) is 24.4 Å². The van der Waals surface area contributed by atoms with Crippen molar-refractivity contribution in [3.63, 3.8) is 0 Å². The van der Waals surface area contributed by atoms with E-state index in [1.54, 1.807) is 21.6 Å². The standard InChI is InChI=1S/C25H28Cl3N3O3/c1-14-18(11-26)21(17-8-7-15(27)10-19(17)28)22-20(29-14)13-30(23(22)32)12-16-6-5-9-31(16)24(33)34-25(2,3)4/h7-8,10,13,16,32H,5-6,9,11-12H2,1-4H3/t16-/m0/s1. The summed E-state index contributed by atoms with van der Waals surface area (Å²) in [6, 6.07) is 5.16. The lowest BCUT2D eigenvalue weighted by Gasteiger charge is -2.29. The molecule has 1 aliphatic rings. The van der Waals surface area contributed by atoms with Gasteiger partial charge in [-0.25, -0.2) is 4.79 Å². The SMILES string of the molecule is Cc1nc2cn(C[C@@H]3CCCN3C(=O)OC(C)(C)C)c(O)c2c(-c2ccc(Cl)cc2Cl)c1CCl. The van der Waals surface area contributed by atoms with Gasteiger partial charge in [0.15, 0.2) is 0 Å². The van der Waals surface area contributed by atoms with Crippen LogP contribution in [0.5, 0.6) is 5.88 Å². The Balaban J connectivity index is 1.78. The van der Waals surface area contributed by atoms with Crippen LogP contribution in [0, 0.1) is 6.92 Å². The van der Waals surface area contributed by atoms with Crippen LogP contribution in [-0.2, 0) is 17.2 Å². The number of amides is 1. The van der Waals surface area contributed by atoms with E-state index in [4.69, 9.17) is 44.5 Å². The van der Waals surface area contributed by atoms with Crippen molar-refractivity contribution in [3.05, 3.63) is 45.7 Å². The maximum atomic E-state index is 12.7. The Morgan fingerprint density at radius 1 is 1.29 bits per heavy atom. The molecule has 3 heterocycles. The zero-order chi connectivity index (χ0) is 24.8. The van der Waals surface area contributed by atoms with Crippen LogP contribution in [0.2, 0.25) is 10.0 Å². The van der Waals surface area contributed by atoms with Crippen LogP contribution in [0.1, 0.15) is 44.9 Å². The van der Waals surface area contributed by atoms with Crippen LogP contribution < -0.4 is 0 Å². The van der Waals surface area contributed by atoms with Crippen LogP contribution in [-0.4, -0.2) is 43.8 Å². The molecule has 6 nitrogen and oxygen atoms in total. The monoisotopic (exact) mass is 523 g/mol. The second-order valence-electron chi connectivity index (χ2n) is 9.64. The summed E-state index contributed by atoms with van der Waals surface area (Å²) in [5.41, 5.74) is 3.08. The van der Waals surface area contributed by atoms with Gasteiger partial charge in [-0.3, -0.25) is 4.98 Å². The molecule has 1 saturated heterocycles. The molecule has 1 aromatic carbocycles. The van der Waals surface area contributed by atoms with Crippen LogP contribution in [0.3, 0.4) is 0 Å². The van der Waals surface area contributed by atoms with Gasteiger partial charge in [-0.05, 0) is 58.2 Å². The molecule has 0 saturated carbocycles. The van der Waals surface area contributed by atoms with E-state index in [1.165, 1.54) is 0 Å². The van der Waals surface area contributed by atoms with Gasteiger partial charge in [0.05, 0.1) is 16.9 Å². The van der Waals surface area contributed by atoms with E-state index >= 15 is 0 Å². The lowest BCUT2D eigenvalue weighted by atomic mass is 9.96. The first-order valence-electron chi connectivity index (χ1n) is 11.2. The quantitative estimate of drug-likeness (QED) is 0.368. The zero-order valence-electron chi connectivity index (χ0n) is 19.7. The van der Waals surface area contributed by atoms with Crippen LogP contribution in [0.25, 0.3) is 22.0 Å². The van der Waals surface area contributed by atoms with E-state index in [9.17, 15) is 9.90 Å². The van der Waals surface area contributed by atoms with Gasteiger partial charge in [0.2, 0.25) is 5.88 Å². The van der Waals surface area contributed by atoms with Gasteiger partial charge in [0.25, 0.3) is 0 Å². The number of aromatic hydroxyl groups is 1. The first kappa shape index (κ1) is 25.0. The number of halogens is 3. The van der Waals surface area contributed by atoms with Crippen molar-refractivity contribution >= 4 is 51.8 Å². The summed E-state index contributed by atoms with van der Waals surface area (Å²) in [5, 5.41) is 12.9. The van der Waals surface area contributed by atoms with Gasteiger partial charge in [0, 0.05) is 52.0 Å². The molecule has 1 aliphatic heterocycles. The zero-order valence-corrected chi connectivity index (χ0v) is 21.9. The number of pyridine rings is 1. The number of likely N-dealkylation sites (tertiary alicyclic amines) is 1. The van der Waals surface area contributed by atoms with Crippen molar-refractivity contribution in [3.8, 4) is 17.0 Å². The first-order chi connectivity index (χ1) is 16.0. The number of carbonyl (C=O) groups is 1. The van der Waals surface area contributed by atoms with Crippen LogP contribution in [0.4, 0.5) is 4.79 Å². The molecule has 182 valence electrons. The summed E-state index contributed by atoms with van der Waals surface area (Å²) in [4.78, 5) is 19.2. The van der Waals surface area contributed by atoms with E-state index < -0.39 is 5.60 Å². The molecule has 0 unspecified atom stereocenters. The maximum Gasteiger partial charge on any atom is 0.410 e. The number of benzene rings is 1. The molecule has 4 rings (SSSR count). The molecule has 0 spiro atoms. The highest BCUT2D eigenvalue weighted by atomic mass is 35.5. The highest BCUT2D eigenvalue weighted by Crippen LogP contribution is 2.43. The molecule has 0 aliphatic carbocycles. The van der Waals surface area contributed by atoms with Crippen molar-refractivity contribution in [2.45, 2.75) is 64.6 Å². The minimum Gasteiger partial charge on any atom is -0.494 e. The molecular weight excluding hydrogens is 497 g/mol. The Morgan fingerprint density at radius 3 is 2.68 bits per heavy atom. The lowest BCUT2D eigenvalue weighted by Crippen LogP contribution is -2.41. The minimum absolute atomic E-state index is 0.0610. The first-order valence-corrected chi connectivity index (χ1v) is 12.5. The summed E-state index contributed by atoms with van der Waals surface area (Å²) >= 11 is 19.0. The number of ether oxygens (including phenoxy) is 1. The van der Waals surface area contributed by atoms with Gasteiger partial charge in [0.1, 0.15) is 5.60 Å². The van der Waals surface area contributed by atoms with Crippen molar-refractivity contribution < 1.29 is 14.6 Å². The molecular formula is C25H28Cl3N3O3. The number of alkyl halides is 1. The molecule has 9 heteroatoms. The third-order valence-corrected chi connectivity index (χ3v) is 6.87. The van der Waals surface area contributed by atoms with Gasteiger partial charge < -0.3 is 19.3 Å². The third-order valence-electron chi connectivity index (χ3n) is 6.05. The summed E-state index contributed by atoms with van der Waals surface area (Å²) < 4.78 is 7.33. The maximum absolute atomic E-state index is 12.7. The average Bonchev–Trinajstić information content (AvgIpc) is 3.31. The third kappa shape index (κ3) is 4.81. The normalized spacial score (nSPS) is 16.4. The highest BCUT2D eigenvalue weighted by molar-refractivity contribution is 6.37. The van der Waals surface area contributed by atoms with Crippen molar-refractivity contribution in [1.82, 2.24) is 14.5 Å². The van der Waals surface area contributed by atoms with Gasteiger partial charge in [-0.15, -0.1) is 11.6 Å². The number of nitrogens with zero attached hydrogens (tertiary/aromatic N) is 3. The van der Waals surface area contributed by atoms with E-state index in [0.29, 0.717) is 34.0 Å². The Hall–Kier alpha value is -2.15. The summed E-state index contributed by atoms with van der Waals surface area (Å²) in [7, 11) is 0. The molecule has 3 aromatic rings. The molecule has 34 heavy (non-hydrogen) atoms. The number of carbonyl (C=O) groups excluding carboxylic acids is 1. The molecule has 2 aromatic heterocycles. The molecule has 1 amide bonds. The topological polar surface area (TPSA) is 67.6 Å². The Kier molecular flexibility index (Phi) is 6.96. The Bertz CT molecular complexity index is 1250. The molecule has 1 N–H and O–H groups in total. The number of hydrogen-bond donors (Lipinski definition) is 1. The fourth-order valence-electron chi connectivity index (χ4n) is 4.54. The number of hydrogen-bond acceptors (Lipinski definition) is 4. The van der Waals surface area contributed by atoms with Crippen molar-refractivity contribution in [1.29, 1.82) is 0 Å². The predicted molar refractivity (Wildman–Crippen MR) is 137 cm³/mol. The summed E-state index contributed by atoms with van der Waals surface area (Å²) in [5.74, 6) is 0.272. The van der Waals surface area contributed by atoms with E-state index in [2.05, 4.69) is 0 Å². The van der Waals surface area contributed by atoms with Crippen molar-refractivity contribution in [2.75, 3.05) is 6.54 Å². The number of fused-ring (bicyclic) bond motifs is 1. The largest absolute Gasteiger partial charge is 0.494 e. The Morgan fingerprint density at radius 2 is 2.03 bits per heavy atom. The van der Waals surface area contributed by atoms with Gasteiger partial charge >= 0.3 is 6.09 Å². The fourth-order valence-corrected chi connectivity index (χ4v) is 5.37. The number of aryl methyl sites for hydroxylation is 1. The molecule has 1 fully saturated rings. The molecule has 0 radical (unpaired) electrons. The fraction of sp³-hybridized carbons (Fsp3) is 0.440. The molecule has 1 atom stereocenters. The Labute approximate surface area is 214 Å². The summed E-state index contributed by atoms with van der Waals surface area (Å²) in [6.07, 6.45) is 3.18. The van der Waals surface area contributed by atoms with E-state index in [-0.39, 0.29) is 23.9 Å². The lowest BCUT2D eigenvalue weighted by molar-refractivity contribution is 0.0212.